The minimum absolute atomic E-state index is 0.0481. The molecule has 4 N–H and O–H groups in total. The van der Waals surface area contributed by atoms with E-state index in [1.165, 1.54) is 5.56 Å². The van der Waals surface area contributed by atoms with Crippen molar-refractivity contribution in [2.45, 2.75) is 12.6 Å². The second-order valence-corrected chi connectivity index (χ2v) is 5.41. The summed E-state index contributed by atoms with van der Waals surface area (Å²) in [5, 5.41) is 27.6. The van der Waals surface area contributed by atoms with Crippen LogP contribution in [0.15, 0.2) is 48.5 Å². The van der Waals surface area contributed by atoms with Gasteiger partial charge in [0.2, 0.25) is 0 Å². The molecule has 2 aromatic carbocycles. The van der Waals surface area contributed by atoms with Gasteiger partial charge in [0.25, 0.3) is 0 Å². The van der Waals surface area contributed by atoms with Crippen LogP contribution < -0.4 is 14.8 Å². The molecule has 1 aliphatic heterocycles. The molecule has 0 spiro atoms. The van der Waals surface area contributed by atoms with Crippen molar-refractivity contribution in [2.24, 2.45) is 0 Å². The van der Waals surface area contributed by atoms with Crippen molar-refractivity contribution in [3.05, 3.63) is 54.1 Å². The van der Waals surface area contributed by atoms with E-state index < -0.39 is 11.9 Å². The number of hydrogen-bond acceptors (Lipinski definition) is 6. The molecule has 0 unspecified atom stereocenters. The Kier molecular flexibility index (Phi) is 6.81. The molecule has 0 aromatic heterocycles. The topological polar surface area (TPSA) is 125 Å². The fraction of sp³-hybridized carbons (Fsp3) is 0.222. The number of benzene rings is 2. The van der Waals surface area contributed by atoms with E-state index in [2.05, 4.69) is 17.4 Å². The lowest BCUT2D eigenvalue weighted by Gasteiger charge is -2.26. The van der Waals surface area contributed by atoms with Gasteiger partial charge >= 0.3 is 11.9 Å². The molecule has 0 saturated heterocycles. The van der Waals surface area contributed by atoms with Crippen molar-refractivity contribution in [3.8, 4) is 17.2 Å². The van der Waals surface area contributed by atoms with Crippen molar-refractivity contribution in [2.75, 3.05) is 13.2 Å². The Hall–Kier alpha value is -3.26. The van der Waals surface area contributed by atoms with Crippen LogP contribution in [-0.4, -0.2) is 46.5 Å². The fourth-order valence-corrected chi connectivity index (χ4v) is 2.18. The number of phenols is 1. The molecule has 138 valence electrons. The predicted octanol–water partition coefficient (Wildman–Crippen LogP) is 1.48. The second kappa shape index (κ2) is 9.28. The molecule has 1 aliphatic rings. The van der Waals surface area contributed by atoms with E-state index in [0.717, 1.165) is 6.54 Å². The number of carboxylic acids is 2. The van der Waals surface area contributed by atoms with E-state index in [-0.39, 0.29) is 11.9 Å². The monoisotopic (exact) mass is 361 g/mol. The third-order valence-electron chi connectivity index (χ3n) is 3.37. The van der Waals surface area contributed by atoms with Crippen LogP contribution in [-0.2, 0) is 16.1 Å². The number of hydrogen-bond donors (Lipinski definition) is 4. The quantitative estimate of drug-likeness (QED) is 0.604. The van der Waals surface area contributed by atoms with Crippen LogP contribution in [0.2, 0.25) is 0 Å². The zero-order chi connectivity index (χ0) is 18.9. The lowest BCUT2D eigenvalue weighted by Crippen LogP contribution is -2.38. The van der Waals surface area contributed by atoms with Gasteiger partial charge in [0.15, 0.2) is 11.5 Å². The van der Waals surface area contributed by atoms with E-state index in [1.807, 2.05) is 18.2 Å². The third-order valence-corrected chi connectivity index (χ3v) is 3.37. The Morgan fingerprint density at radius 3 is 2.38 bits per heavy atom. The summed E-state index contributed by atoms with van der Waals surface area (Å²) in [6.45, 7) is 2.01. The molecule has 0 bridgehead atoms. The summed E-state index contributed by atoms with van der Waals surface area (Å²) in [6, 6.07) is 15.1. The number of rotatable bonds is 4. The lowest BCUT2D eigenvalue weighted by molar-refractivity contribution is -0.159. The maximum Gasteiger partial charge on any atom is 0.414 e. The van der Waals surface area contributed by atoms with Crippen molar-refractivity contribution in [1.29, 1.82) is 0 Å². The molecular formula is C18H19NO7. The molecular weight excluding hydrogens is 342 g/mol. The minimum Gasteiger partial charge on any atom is -0.508 e. The average Bonchev–Trinajstić information content (AvgIpc) is 2.62. The van der Waals surface area contributed by atoms with E-state index >= 15 is 0 Å². The summed E-state index contributed by atoms with van der Waals surface area (Å²) in [6.07, 6.45) is -0.0481. The van der Waals surface area contributed by atoms with Gasteiger partial charge in [0.05, 0.1) is 0 Å². The molecule has 26 heavy (non-hydrogen) atoms. The summed E-state index contributed by atoms with van der Waals surface area (Å²) in [7, 11) is 0. The molecule has 1 atom stereocenters. The molecule has 2 aromatic rings. The van der Waals surface area contributed by atoms with E-state index in [0.29, 0.717) is 24.7 Å². The third kappa shape index (κ3) is 5.99. The first-order valence-corrected chi connectivity index (χ1v) is 7.79. The van der Waals surface area contributed by atoms with Gasteiger partial charge in [-0.3, -0.25) is 0 Å². The Balaban J connectivity index is 0.000000352. The summed E-state index contributed by atoms with van der Waals surface area (Å²) >= 11 is 0. The van der Waals surface area contributed by atoms with Gasteiger partial charge in [-0.25, -0.2) is 9.59 Å². The number of nitrogens with one attached hydrogen (secondary N) is 1. The van der Waals surface area contributed by atoms with Crippen LogP contribution >= 0.6 is 0 Å². The SMILES string of the molecule is O=C(O)C(=O)O.Oc1ccc2c(c1)O[C@@H](CNCc1ccccc1)CO2. The smallest absolute Gasteiger partial charge is 0.414 e. The van der Waals surface area contributed by atoms with Crippen LogP contribution in [0, 0.1) is 0 Å². The summed E-state index contributed by atoms with van der Waals surface area (Å²) < 4.78 is 11.4. The molecule has 8 heteroatoms. The lowest BCUT2D eigenvalue weighted by atomic mass is 10.2. The Labute approximate surface area is 149 Å². The normalized spacial score (nSPS) is 14.7. The van der Waals surface area contributed by atoms with Crippen LogP contribution in [0.4, 0.5) is 0 Å². The van der Waals surface area contributed by atoms with Crippen molar-refractivity contribution >= 4 is 11.9 Å². The van der Waals surface area contributed by atoms with Crippen molar-refractivity contribution in [1.82, 2.24) is 5.32 Å². The molecule has 0 fully saturated rings. The number of aliphatic carboxylic acids is 2. The van der Waals surface area contributed by atoms with Crippen LogP contribution in [0.5, 0.6) is 17.2 Å². The summed E-state index contributed by atoms with van der Waals surface area (Å²) in [5.74, 6) is -2.18. The highest BCUT2D eigenvalue weighted by Crippen LogP contribution is 2.34. The molecule has 3 rings (SSSR count). The van der Waals surface area contributed by atoms with E-state index in [1.54, 1.807) is 18.2 Å². The predicted molar refractivity (Wildman–Crippen MR) is 91.4 cm³/mol. The van der Waals surface area contributed by atoms with Crippen molar-refractivity contribution < 1.29 is 34.4 Å². The molecule has 0 aliphatic carbocycles. The number of carboxylic acid groups (broad SMARTS) is 2. The van der Waals surface area contributed by atoms with Crippen molar-refractivity contribution in [3.63, 3.8) is 0 Å². The number of carbonyl (C=O) groups is 2. The first kappa shape index (κ1) is 19.1. The van der Waals surface area contributed by atoms with Gasteiger partial charge in [0.1, 0.15) is 18.5 Å². The Bertz CT molecular complexity index is 736. The van der Waals surface area contributed by atoms with Gasteiger partial charge in [-0.15, -0.1) is 0 Å². The Morgan fingerprint density at radius 2 is 1.73 bits per heavy atom. The van der Waals surface area contributed by atoms with Crippen LogP contribution in [0.3, 0.4) is 0 Å². The largest absolute Gasteiger partial charge is 0.508 e. The van der Waals surface area contributed by atoms with E-state index in [4.69, 9.17) is 29.3 Å². The zero-order valence-electron chi connectivity index (χ0n) is 13.8. The number of phenolic OH excluding ortho intramolecular Hbond substituents is 1. The maximum atomic E-state index is 9.45. The molecule has 8 nitrogen and oxygen atoms in total. The summed E-state index contributed by atoms with van der Waals surface area (Å²) in [4.78, 5) is 18.2. The minimum atomic E-state index is -1.82. The van der Waals surface area contributed by atoms with Gasteiger partial charge in [-0.05, 0) is 17.7 Å². The first-order chi connectivity index (χ1) is 12.5. The molecule has 0 saturated carbocycles. The van der Waals surface area contributed by atoms with Gasteiger partial charge in [-0.1, -0.05) is 30.3 Å². The van der Waals surface area contributed by atoms with Gasteiger partial charge < -0.3 is 30.1 Å². The zero-order valence-corrected chi connectivity index (χ0v) is 13.8. The molecule has 0 amide bonds. The number of fused-ring (bicyclic) bond motifs is 1. The molecule has 0 radical (unpaired) electrons. The van der Waals surface area contributed by atoms with E-state index in [9.17, 15) is 5.11 Å². The Morgan fingerprint density at radius 1 is 1.04 bits per heavy atom. The highest BCUT2D eigenvalue weighted by Gasteiger charge is 2.20. The second-order valence-electron chi connectivity index (χ2n) is 5.41. The fourth-order valence-electron chi connectivity index (χ4n) is 2.18. The summed E-state index contributed by atoms with van der Waals surface area (Å²) in [5.41, 5.74) is 1.24. The first-order valence-electron chi connectivity index (χ1n) is 7.79. The standard InChI is InChI=1S/C16H17NO3.C2H2O4/c18-13-6-7-15-16(8-13)20-14(11-19-15)10-17-9-12-4-2-1-3-5-12;3-1(4)2(5)6/h1-8,14,17-18H,9-11H2;(H,3,4)(H,5,6)/t14-;/m0./s1. The molecule has 1 heterocycles. The van der Waals surface area contributed by atoms with Gasteiger partial charge in [-0.2, -0.15) is 0 Å². The maximum absolute atomic E-state index is 9.45. The highest BCUT2D eigenvalue weighted by atomic mass is 16.6. The van der Waals surface area contributed by atoms with Crippen LogP contribution in [0.25, 0.3) is 0 Å². The number of aromatic hydroxyl groups is 1. The average molecular weight is 361 g/mol. The highest BCUT2D eigenvalue weighted by molar-refractivity contribution is 6.27. The van der Waals surface area contributed by atoms with Gasteiger partial charge in [0, 0.05) is 19.2 Å². The number of ether oxygens (including phenoxy) is 2. The van der Waals surface area contributed by atoms with Crippen LogP contribution in [0.1, 0.15) is 5.56 Å².